The first-order valence-corrected chi connectivity index (χ1v) is 10.4. The van der Waals surface area contributed by atoms with Crippen LogP contribution in [-0.4, -0.2) is 66.5 Å². The summed E-state index contributed by atoms with van der Waals surface area (Å²) in [7, 11) is 0. The van der Waals surface area contributed by atoms with Crippen molar-refractivity contribution in [1.82, 2.24) is 4.90 Å². The number of rotatable bonds is 6. The minimum absolute atomic E-state index is 0.125. The summed E-state index contributed by atoms with van der Waals surface area (Å²) in [6, 6.07) is -0.0757. The van der Waals surface area contributed by atoms with E-state index in [1.807, 2.05) is 6.92 Å². The van der Waals surface area contributed by atoms with Crippen molar-refractivity contribution in [1.29, 1.82) is 0 Å². The van der Waals surface area contributed by atoms with Crippen molar-refractivity contribution in [2.45, 2.75) is 77.2 Å². The molecule has 0 radical (unpaired) electrons. The topological polar surface area (TPSA) is 81.7 Å². The van der Waals surface area contributed by atoms with E-state index in [-0.39, 0.29) is 17.8 Å². The lowest BCUT2D eigenvalue weighted by Crippen LogP contribution is -3.19. The lowest BCUT2D eigenvalue weighted by molar-refractivity contribution is -1.07. The average molecular weight is 371 g/mol. The van der Waals surface area contributed by atoms with E-state index in [0.29, 0.717) is 44.1 Å². The van der Waals surface area contributed by atoms with Crippen molar-refractivity contribution in [2.24, 2.45) is 11.8 Å². The highest BCUT2D eigenvalue weighted by Crippen LogP contribution is 2.27. The van der Waals surface area contributed by atoms with Gasteiger partial charge in [0.1, 0.15) is 24.9 Å². The van der Waals surface area contributed by atoms with E-state index in [0.717, 1.165) is 19.5 Å². The second-order valence-corrected chi connectivity index (χ2v) is 8.63. The number of carbonyl (C=O) groups excluding carboxylic acids is 1. The second kappa shape index (κ2) is 8.63. The molecular formula is C19H36N3O4+. The number of carbonyl (C=O) groups is 1. The van der Waals surface area contributed by atoms with Crippen LogP contribution in [0.2, 0.25) is 0 Å². The molecule has 2 heterocycles. The van der Waals surface area contributed by atoms with Crippen LogP contribution in [0, 0.1) is 17.0 Å². The second-order valence-electron chi connectivity index (χ2n) is 8.63. The Balaban J connectivity index is 1.62. The van der Waals surface area contributed by atoms with E-state index in [1.165, 1.54) is 17.7 Å². The lowest BCUT2D eigenvalue weighted by atomic mass is 9.81. The summed E-state index contributed by atoms with van der Waals surface area (Å²) in [5.41, 5.74) is 0. The molecule has 1 saturated carbocycles. The normalized spacial score (nSPS) is 42.4. The summed E-state index contributed by atoms with van der Waals surface area (Å²) in [5.74, 6) is 0.755. The van der Waals surface area contributed by atoms with Gasteiger partial charge in [0.2, 0.25) is 0 Å². The van der Waals surface area contributed by atoms with E-state index in [9.17, 15) is 15.2 Å². The third kappa shape index (κ3) is 4.13. The van der Waals surface area contributed by atoms with E-state index in [2.05, 4.69) is 18.7 Å². The molecule has 3 aliphatic rings. The van der Waals surface area contributed by atoms with Crippen molar-refractivity contribution >= 4 is 5.78 Å². The fraction of sp³-hybridized carbons (Fsp3) is 0.947. The van der Waals surface area contributed by atoms with Gasteiger partial charge in [-0.25, -0.2) is 15.3 Å². The summed E-state index contributed by atoms with van der Waals surface area (Å²) in [5, 5.41) is 20.4. The first-order chi connectivity index (χ1) is 12.4. The maximum atomic E-state index is 13.0. The molecule has 0 amide bonds. The largest absolute Gasteiger partial charge is 0.600 e. The Kier molecular flexibility index (Phi) is 6.69. The first kappa shape index (κ1) is 20.2. The molecule has 3 fully saturated rings. The Morgan fingerprint density at radius 3 is 2.81 bits per heavy atom. The zero-order valence-corrected chi connectivity index (χ0v) is 16.4. The van der Waals surface area contributed by atoms with Crippen molar-refractivity contribution in [3.63, 3.8) is 0 Å². The summed E-state index contributed by atoms with van der Waals surface area (Å²) in [4.78, 5) is 17.0. The Hall–Kier alpha value is -0.570. The SMILES string of the molecule is CCOC1CCC(C(=O)C[NH+]2C(C)CN3CCCC(C)C32)CC1[NH+]([O-])O. The number of hydroxylamine groups is 2. The van der Waals surface area contributed by atoms with Gasteiger partial charge in [0.15, 0.2) is 5.78 Å². The van der Waals surface area contributed by atoms with Gasteiger partial charge in [-0.15, -0.1) is 0 Å². The Morgan fingerprint density at radius 2 is 2.12 bits per heavy atom. The van der Waals surface area contributed by atoms with Crippen molar-refractivity contribution < 1.29 is 24.9 Å². The number of ketones is 1. The van der Waals surface area contributed by atoms with E-state index in [4.69, 9.17) is 4.74 Å². The number of Topliss-reactive ketones (excluding diaryl/α,β-unsaturated/α-hetero) is 1. The molecule has 3 rings (SSSR count). The molecule has 0 aromatic rings. The zero-order chi connectivity index (χ0) is 18.8. The van der Waals surface area contributed by atoms with Crippen LogP contribution in [0.15, 0.2) is 0 Å². The predicted octanol–water partition coefficient (Wildman–Crippen LogP) is -0.754. The standard InChI is InChI=1S/C19H35N3O4/c1-4-26-18-8-7-15(10-16(18)22(24)25)17(23)12-21-14(3)11-20-9-5-6-13(2)19(20)21/h13-16,18-19,22,24H,4-12H2,1-3H3/p+1. The van der Waals surface area contributed by atoms with E-state index < -0.39 is 11.3 Å². The Bertz CT molecular complexity index is 489. The summed E-state index contributed by atoms with van der Waals surface area (Å²) < 4.78 is 5.62. The number of ether oxygens (including phenoxy) is 1. The zero-order valence-electron chi connectivity index (χ0n) is 16.4. The maximum Gasteiger partial charge on any atom is 0.190 e. The molecular weight excluding hydrogens is 334 g/mol. The number of piperidine rings is 1. The van der Waals surface area contributed by atoms with Gasteiger partial charge in [-0.05, 0) is 39.5 Å². The van der Waals surface area contributed by atoms with E-state index >= 15 is 0 Å². The van der Waals surface area contributed by atoms with Gasteiger partial charge in [-0.3, -0.25) is 4.79 Å². The molecule has 150 valence electrons. The summed E-state index contributed by atoms with van der Waals surface area (Å²) in [6.07, 6.45) is 4.59. The Labute approximate surface area is 156 Å². The highest BCUT2D eigenvalue weighted by molar-refractivity contribution is 5.82. The van der Waals surface area contributed by atoms with Crippen LogP contribution in [-0.2, 0) is 9.53 Å². The van der Waals surface area contributed by atoms with Crippen LogP contribution in [0.4, 0.5) is 0 Å². The minimum atomic E-state index is -0.824. The fourth-order valence-electron chi connectivity index (χ4n) is 5.57. The van der Waals surface area contributed by atoms with Crippen molar-refractivity contribution in [2.75, 3.05) is 26.2 Å². The molecule has 2 saturated heterocycles. The smallest absolute Gasteiger partial charge is 0.190 e. The molecule has 8 atom stereocenters. The lowest BCUT2D eigenvalue weighted by Gasteiger charge is -2.38. The molecule has 3 N–H and O–H groups in total. The van der Waals surface area contributed by atoms with Crippen LogP contribution in [0.3, 0.4) is 0 Å². The fourth-order valence-corrected chi connectivity index (χ4v) is 5.57. The number of fused-ring (bicyclic) bond motifs is 1. The molecule has 7 heteroatoms. The quantitative estimate of drug-likeness (QED) is 0.536. The maximum absolute atomic E-state index is 13.0. The number of hydrogen-bond acceptors (Lipinski definition) is 5. The molecule has 0 aromatic heterocycles. The minimum Gasteiger partial charge on any atom is -0.600 e. The molecule has 7 nitrogen and oxygen atoms in total. The van der Waals surface area contributed by atoms with Crippen LogP contribution in [0.25, 0.3) is 0 Å². The third-order valence-corrected chi connectivity index (χ3v) is 6.88. The molecule has 0 aromatic carbocycles. The highest BCUT2D eigenvalue weighted by atomic mass is 16.8. The Morgan fingerprint density at radius 1 is 1.35 bits per heavy atom. The van der Waals surface area contributed by atoms with Gasteiger partial charge in [0, 0.05) is 31.4 Å². The highest BCUT2D eigenvalue weighted by Gasteiger charge is 2.47. The number of hydrogen-bond donors (Lipinski definition) is 3. The molecule has 8 unspecified atom stereocenters. The van der Waals surface area contributed by atoms with Crippen molar-refractivity contribution in [3.8, 4) is 0 Å². The van der Waals surface area contributed by atoms with Gasteiger partial charge >= 0.3 is 0 Å². The van der Waals surface area contributed by atoms with Gasteiger partial charge in [0.05, 0.1) is 12.6 Å². The van der Waals surface area contributed by atoms with Gasteiger partial charge < -0.3 is 14.8 Å². The summed E-state index contributed by atoms with van der Waals surface area (Å²) >= 11 is 0. The van der Waals surface area contributed by atoms with Crippen LogP contribution < -0.4 is 10.1 Å². The molecule has 0 spiro atoms. The van der Waals surface area contributed by atoms with Gasteiger partial charge in [-0.1, -0.05) is 6.92 Å². The predicted molar refractivity (Wildman–Crippen MR) is 96.7 cm³/mol. The van der Waals surface area contributed by atoms with E-state index in [1.54, 1.807) is 0 Å². The van der Waals surface area contributed by atoms with Crippen LogP contribution in [0.5, 0.6) is 0 Å². The summed E-state index contributed by atoms with van der Waals surface area (Å²) in [6.45, 7) is 9.75. The molecule has 0 bridgehead atoms. The monoisotopic (exact) mass is 370 g/mol. The van der Waals surface area contributed by atoms with Crippen molar-refractivity contribution in [3.05, 3.63) is 5.21 Å². The van der Waals surface area contributed by atoms with Crippen LogP contribution >= 0.6 is 0 Å². The first-order valence-electron chi connectivity index (χ1n) is 10.4. The molecule has 26 heavy (non-hydrogen) atoms. The number of quaternary nitrogens is 2. The number of nitrogens with one attached hydrogen (secondary N) is 2. The average Bonchev–Trinajstić information content (AvgIpc) is 2.92. The van der Waals surface area contributed by atoms with Crippen LogP contribution in [0.1, 0.15) is 52.9 Å². The van der Waals surface area contributed by atoms with Gasteiger partial charge in [-0.2, -0.15) is 0 Å². The van der Waals surface area contributed by atoms with Gasteiger partial charge in [0.25, 0.3) is 0 Å². The molecule has 2 aliphatic heterocycles. The third-order valence-electron chi connectivity index (χ3n) is 6.88. The molecule has 1 aliphatic carbocycles. The number of nitrogens with zero attached hydrogens (tertiary/aromatic N) is 1.